The maximum Gasteiger partial charge on any atom is 0.143 e. The Balaban J connectivity index is 1.02. The molecule has 9 aromatic rings. The Morgan fingerprint density at radius 3 is 2.04 bits per heavy atom. The average Bonchev–Trinajstić information content (AvgIpc) is 3.75. The van der Waals surface area contributed by atoms with Gasteiger partial charge in [-0.2, -0.15) is 0 Å². The minimum atomic E-state index is -0.140. The molecule has 0 amide bonds. The summed E-state index contributed by atoms with van der Waals surface area (Å²) in [5.41, 5.74) is 16.0. The minimum absolute atomic E-state index is 0.0889. The Bertz CT molecular complexity index is 3070. The van der Waals surface area contributed by atoms with Gasteiger partial charge in [0.2, 0.25) is 0 Å². The van der Waals surface area contributed by atoms with Crippen LogP contribution in [0.2, 0.25) is 0 Å². The van der Waals surface area contributed by atoms with Crippen LogP contribution in [0.4, 0.5) is 0 Å². The maximum absolute atomic E-state index is 6.53. The van der Waals surface area contributed by atoms with E-state index in [0.717, 1.165) is 61.3 Å². The van der Waals surface area contributed by atoms with Gasteiger partial charge >= 0.3 is 0 Å². The van der Waals surface area contributed by atoms with Gasteiger partial charge in [0.05, 0.1) is 11.7 Å². The highest BCUT2D eigenvalue weighted by molar-refractivity contribution is 6.10. The summed E-state index contributed by atoms with van der Waals surface area (Å²) in [5, 5.41) is 8.62. The molecule has 0 radical (unpaired) electrons. The number of amidine groups is 1. The van der Waals surface area contributed by atoms with Crippen molar-refractivity contribution in [1.29, 1.82) is 0 Å². The molecule has 1 N–H and O–H groups in total. The van der Waals surface area contributed by atoms with Crippen LogP contribution in [-0.2, 0) is 5.41 Å². The smallest absolute Gasteiger partial charge is 0.143 e. The molecule has 1 aromatic heterocycles. The molecule has 1 aliphatic heterocycles. The Morgan fingerprint density at radius 1 is 0.518 bits per heavy atom. The number of nitrogens with one attached hydrogen (secondary N) is 1. The molecule has 0 saturated heterocycles. The fourth-order valence-electron chi connectivity index (χ4n) is 9.12. The minimum Gasteiger partial charge on any atom is -0.455 e. The van der Waals surface area contributed by atoms with Crippen molar-refractivity contribution in [3.8, 4) is 33.4 Å². The molecular formula is C53H38N2O. The van der Waals surface area contributed by atoms with E-state index in [1.165, 1.54) is 44.2 Å². The first kappa shape index (κ1) is 32.5. The lowest BCUT2D eigenvalue weighted by atomic mass is 9.81. The van der Waals surface area contributed by atoms with Gasteiger partial charge in [-0.3, -0.25) is 0 Å². The molecule has 1 aliphatic carbocycles. The van der Waals surface area contributed by atoms with E-state index in [1.54, 1.807) is 0 Å². The third-order valence-corrected chi connectivity index (χ3v) is 11.9. The molecule has 1 atom stereocenters. The van der Waals surface area contributed by atoms with E-state index in [1.807, 2.05) is 18.2 Å². The van der Waals surface area contributed by atoms with Crippen molar-refractivity contribution in [1.82, 2.24) is 5.32 Å². The summed E-state index contributed by atoms with van der Waals surface area (Å²) in [6, 6.07) is 63.0. The molecule has 1 unspecified atom stereocenters. The summed E-state index contributed by atoms with van der Waals surface area (Å²) in [5.74, 6) is 0.848. The molecule has 3 heteroatoms. The summed E-state index contributed by atoms with van der Waals surface area (Å²) in [7, 11) is 0. The van der Waals surface area contributed by atoms with Gasteiger partial charge in [-0.1, -0.05) is 172 Å². The number of para-hydroxylation sites is 2. The molecule has 0 fully saturated rings. The lowest BCUT2D eigenvalue weighted by Gasteiger charge is -2.26. The van der Waals surface area contributed by atoms with Gasteiger partial charge in [0.25, 0.3) is 0 Å². The van der Waals surface area contributed by atoms with Crippen molar-refractivity contribution in [3.63, 3.8) is 0 Å². The van der Waals surface area contributed by atoms with Gasteiger partial charge in [0, 0.05) is 27.3 Å². The Hall–Kier alpha value is -6.97. The molecule has 0 spiro atoms. The molecule has 266 valence electrons. The molecule has 0 bridgehead atoms. The monoisotopic (exact) mass is 718 g/mol. The van der Waals surface area contributed by atoms with E-state index >= 15 is 0 Å². The summed E-state index contributed by atoms with van der Waals surface area (Å²) in [4.78, 5) is 5.27. The third kappa shape index (κ3) is 5.08. The molecule has 0 saturated carbocycles. The van der Waals surface area contributed by atoms with Crippen molar-refractivity contribution in [2.24, 2.45) is 4.99 Å². The van der Waals surface area contributed by atoms with E-state index in [0.29, 0.717) is 0 Å². The first-order valence-electron chi connectivity index (χ1n) is 19.4. The number of rotatable bonds is 5. The van der Waals surface area contributed by atoms with E-state index in [2.05, 4.69) is 183 Å². The molecule has 3 nitrogen and oxygen atoms in total. The van der Waals surface area contributed by atoms with Crippen LogP contribution in [0.15, 0.2) is 191 Å². The molecule has 2 heterocycles. The zero-order valence-corrected chi connectivity index (χ0v) is 31.3. The number of benzene rings is 8. The first-order chi connectivity index (χ1) is 27.5. The van der Waals surface area contributed by atoms with Crippen molar-refractivity contribution < 1.29 is 4.42 Å². The van der Waals surface area contributed by atoms with Crippen molar-refractivity contribution in [2.75, 3.05) is 0 Å². The first-order valence-corrected chi connectivity index (χ1v) is 19.4. The Labute approximate surface area is 326 Å². The highest BCUT2D eigenvalue weighted by Gasteiger charge is 2.37. The van der Waals surface area contributed by atoms with Crippen LogP contribution in [0.3, 0.4) is 0 Å². The molecule has 56 heavy (non-hydrogen) atoms. The molecular weight excluding hydrogens is 681 g/mol. The van der Waals surface area contributed by atoms with Crippen LogP contribution in [0.1, 0.15) is 47.7 Å². The SMILES string of the molecule is CC1(C)c2cc3ccccc3cc2-c2c(-c3ccc(C4=CC(c5ccccc5-c5cccc6c5oc5ccccc56)NC(c5ccccc5)=N4)cc3)cccc21. The average molecular weight is 719 g/mol. The van der Waals surface area contributed by atoms with Gasteiger partial charge < -0.3 is 9.73 Å². The van der Waals surface area contributed by atoms with Crippen LogP contribution in [-0.4, -0.2) is 5.84 Å². The van der Waals surface area contributed by atoms with Gasteiger partial charge in [0.15, 0.2) is 0 Å². The predicted molar refractivity (Wildman–Crippen MR) is 233 cm³/mol. The van der Waals surface area contributed by atoms with Crippen LogP contribution >= 0.6 is 0 Å². The quantitative estimate of drug-likeness (QED) is 0.192. The lowest BCUT2D eigenvalue weighted by Crippen LogP contribution is -2.31. The summed E-state index contributed by atoms with van der Waals surface area (Å²) >= 11 is 0. The second kappa shape index (κ2) is 12.5. The van der Waals surface area contributed by atoms with Crippen LogP contribution < -0.4 is 5.32 Å². The number of aliphatic imine (C=N–C) groups is 1. The number of furan rings is 1. The highest BCUT2D eigenvalue weighted by atomic mass is 16.3. The van der Waals surface area contributed by atoms with Gasteiger partial charge in [-0.05, 0) is 85.1 Å². The van der Waals surface area contributed by atoms with Crippen molar-refractivity contribution in [3.05, 3.63) is 210 Å². The van der Waals surface area contributed by atoms with Crippen molar-refractivity contribution >= 4 is 44.2 Å². The second-order valence-electron chi connectivity index (χ2n) is 15.5. The molecule has 2 aliphatic rings. The Kier molecular flexibility index (Phi) is 7.27. The van der Waals surface area contributed by atoms with Crippen LogP contribution in [0.25, 0.3) is 71.8 Å². The fraction of sp³-hybridized carbons (Fsp3) is 0.0755. The largest absolute Gasteiger partial charge is 0.455 e. The Morgan fingerprint density at radius 2 is 1.18 bits per heavy atom. The highest BCUT2D eigenvalue weighted by Crippen LogP contribution is 2.53. The number of hydrogen-bond donors (Lipinski definition) is 1. The summed E-state index contributed by atoms with van der Waals surface area (Å²) in [6.45, 7) is 4.72. The normalized spacial score (nSPS) is 15.6. The van der Waals surface area contributed by atoms with E-state index in [9.17, 15) is 0 Å². The van der Waals surface area contributed by atoms with E-state index in [-0.39, 0.29) is 11.5 Å². The molecule has 8 aromatic carbocycles. The number of nitrogens with zero attached hydrogens (tertiary/aromatic N) is 1. The maximum atomic E-state index is 6.53. The number of hydrogen-bond acceptors (Lipinski definition) is 3. The van der Waals surface area contributed by atoms with Crippen LogP contribution in [0.5, 0.6) is 0 Å². The van der Waals surface area contributed by atoms with Crippen LogP contribution in [0, 0.1) is 0 Å². The topological polar surface area (TPSA) is 37.5 Å². The van der Waals surface area contributed by atoms with Crippen molar-refractivity contribution in [2.45, 2.75) is 25.3 Å². The van der Waals surface area contributed by atoms with Gasteiger partial charge in [0.1, 0.15) is 17.0 Å². The van der Waals surface area contributed by atoms with E-state index in [4.69, 9.17) is 9.41 Å². The zero-order chi connectivity index (χ0) is 37.4. The third-order valence-electron chi connectivity index (χ3n) is 11.9. The summed E-state index contributed by atoms with van der Waals surface area (Å²) < 4.78 is 6.53. The predicted octanol–water partition coefficient (Wildman–Crippen LogP) is 13.5. The fourth-order valence-corrected chi connectivity index (χ4v) is 9.12. The summed E-state index contributed by atoms with van der Waals surface area (Å²) in [6.07, 6.45) is 2.27. The second-order valence-corrected chi connectivity index (χ2v) is 15.5. The van der Waals surface area contributed by atoms with Gasteiger partial charge in [-0.15, -0.1) is 0 Å². The zero-order valence-electron chi connectivity index (χ0n) is 31.3. The standard InChI is InChI=1S/C53H38N2O/c1-53(2)45-24-13-21-38(50(45)44-30-36-16-6-7-17-37(36)31-46(44)53)33-26-28-34(29-27-33)47-32-48(55-52(54-47)35-14-4-3-5-15-35)40-19-9-8-18-39(40)42-22-12-23-43-41-20-10-11-25-49(41)56-51(42)43/h3-32,48H,1-2H3,(H,54,55). The lowest BCUT2D eigenvalue weighted by molar-refractivity contribution is 0.661. The number of fused-ring (bicyclic) bond motifs is 7. The van der Waals surface area contributed by atoms with Gasteiger partial charge in [-0.25, -0.2) is 4.99 Å². The van der Waals surface area contributed by atoms with E-state index < -0.39 is 0 Å². The molecule has 11 rings (SSSR count).